The summed E-state index contributed by atoms with van der Waals surface area (Å²) >= 11 is 0. The van der Waals surface area contributed by atoms with Crippen LogP contribution < -0.4 is 0 Å². The van der Waals surface area contributed by atoms with Crippen LogP contribution in [0.4, 0.5) is 0 Å². The maximum Gasteiger partial charge on any atom is 0.306 e. The number of carbonyl (C=O) groups excluding carboxylic acids is 3. The average molecular weight is 1090 g/mol. The van der Waals surface area contributed by atoms with E-state index in [0.29, 0.717) is 19.3 Å². The lowest BCUT2D eigenvalue weighted by Gasteiger charge is -2.18. The third-order valence-corrected chi connectivity index (χ3v) is 13.0. The van der Waals surface area contributed by atoms with Crippen molar-refractivity contribution in [2.45, 2.75) is 271 Å². The van der Waals surface area contributed by atoms with Crippen molar-refractivity contribution in [1.29, 1.82) is 0 Å². The number of rotatable bonds is 56. The molecule has 0 aromatic rings. The van der Waals surface area contributed by atoms with Gasteiger partial charge in [-0.25, -0.2) is 0 Å². The second-order valence-corrected chi connectivity index (χ2v) is 20.5. The SMILES string of the molecule is CC/C=C\C/C=C\C/C=C\C/C=C\C/C=C\C/C=C\CCCCCCCCCCC(=O)OCC(COC(=O)CCCCCCC/C=C\CCCCCCCC)OC(=O)CC/C=C\C/C=C\C/C=C\C/C=C\C/C=C\C/C=C\CC. The molecule has 0 rings (SSSR count). The highest BCUT2D eigenvalue weighted by Crippen LogP contribution is 2.14. The summed E-state index contributed by atoms with van der Waals surface area (Å²) in [6.07, 6.45) is 95.4. The van der Waals surface area contributed by atoms with E-state index in [0.717, 1.165) is 135 Å². The Bertz CT molecular complexity index is 1780. The quantitative estimate of drug-likeness (QED) is 0.0261. The van der Waals surface area contributed by atoms with Crippen molar-refractivity contribution in [1.82, 2.24) is 0 Å². The van der Waals surface area contributed by atoms with Crippen molar-refractivity contribution in [3.8, 4) is 0 Å². The lowest BCUT2D eigenvalue weighted by atomic mass is 10.1. The zero-order valence-electron chi connectivity index (χ0n) is 50.8. The lowest BCUT2D eigenvalue weighted by Crippen LogP contribution is -2.30. The third kappa shape index (κ3) is 63.7. The Kier molecular flexibility index (Phi) is 61.4. The van der Waals surface area contributed by atoms with Gasteiger partial charge in [0.15, 0.2) is 6.10 Å². The summed E-state index contributed by atoms with van der Waals surface area (Å²) in [6, 6.07) is 0. The molecule has 1 atom stereocenters. The van der Waals surface area contributed by atoms with Crippen LogP contribution in [0.15, 0.2) is 158 Å². The van der Waals surface area contributed by atoms with Crippen molar-refractivity contribution < 1.29 is 28.6 Å². The second-order valence-electron chi connectivity index (χ2n) is 20.5. The first kappa shape index (κ1) is 74.0. The predicted octanol–water partition coefficient (Wildman–Crippen LogP) is 22.1. The van der Waals surface area contributed by atoms with Crippen LogP contribution in [0.25, 0.3) is 0 Å². The van der Waals surface area contributed by atoms with E-state index in [9.17, 15) is 14.4 Å². The summed E-state index contributed by atoms with van der Waals surface area (Å²) in [5, 5.41) is 0. The first-order valence-electron chi connectivity index (χ1n) is 32.0. The molecule has 0 heterocycles. The van der Waals surface area contributed by atoms with E-state index in [1.54, 1.807) is 0 Å². The molecule has 0 bridgehead atoms. The molecule has 0 fully saturated rings. The van der Waals surface area contributed by atoms with Crippen LogP contribution in [0.5, 0.6) is 0 Å². The zero-order chi connectivity index (χ0) is 57.1. The molecule has 0 aliphatic carbocycles. The molecular formula is C73H116O6. The molecule has 0 radical (unpaired) electrons. The molecule has 0 saturated heterocycles. The smallest absolute Gasteiger partial charge is 0.306 e. The number of ether oxygens (including phenoxy) is 3. The molecule has 0 aromatic carbocycles. The van der Waals surface area contributed by atoms with E-state index < -0.39 is 12.1 Å². The highest BCUT2D eigenvalue weighted by atomic mass is 16.6. The minimum Gasteiger partial charge on any atom is -0.462 e. The molecule has 1 unspecified atom stereocenters. The van der Waals surface area contributed by atoms with Gasteiger partial charge in [-0.05, 0) is 135 Å². The molecule has 0 N–H and O–H groups in total. The Morgan fingerprint density at radius 2 is 0.519 bits per heavy atom. The summed E-state index contributed by atoms with van der Waals surface area (Å²) in [4.78, 5) is 38.3. The monoisotopic (exact) mass is 1090 g/mol. The minimum absolute atomic E-state index is 0.121. The van der Waals surface area contributed by atoms with Crippen LogP contribution in [0, 0.1) is 0 Å². The molecule has 79 heavy (non-hydrogen) atoms. The highest BCUT2D eigenvalue weighted by molar-refractivity contribution is 5.71. The fourth-order valence-corrected chi connectivity index (χ4v) is 8.29. The number of unbranched alkanes of at least 4 members (excludes halogenated alkanes) is 19. The van der Waals surface area contributed by atoms with Crippen molar-refractivity contribution in [3.05, 3.63) is 158 Å². The van der Waals surface area contributed by atoms with E-state index >= 15 is 0 Å². The number of hydrogen-bond donors (Lipinski definition) is 0. The first-order chi connectivity index (χ1) is 39.0. The van der Waals surface area contributed by atoms with E-state index in [4.69, 9.17) is 14.2 Å². The van der Waals surface area contributed by atoms with Crippen molar-refractivity contribution >= 4 is 17.9 Å². The number of hydrogen-bond acceptors (Lipinski definition) is 6. The molecule has 0 aromatic heterocycles. The molecule has 6 nitrogen and oxygen atoms in total. The average Bonchev–Trinajstić information content (AvgIpc) is 3.45. The normalized spacial score (nSPS) is 13.2. The minimum atomic E-state index is -0.834. The maximum atomic E-state index is 12.9. The van der Waals surface area contributed by atoms with Crippen LogP contribution in [0.1, 0.15) is 265 Å². The third-order valence-electron chi connectivity index (χ3n) is 13.0. The highest BCUT2D eigenvalue weighted by Gasteiger charge is 2.19. The molecule has 0 aliphatic heterocycles. The van der Waals surface area contributed by atoms with Gasteiger partial charge in [0.25, 0.3) is 0 Å². The molecular weight excluding hydrogens is 973 g/mol. The molecule has 444 valence electrons. The molecule has 0 aliphatic rings. The largest absolute Gasteiger partial charge is 0.462 e. The van der Waals surface area contributed by atoms with Crippen LogP contribution in [0.3, 0.4) is 0 Å². The molecule has 0 spiro atoms. The van der Waals surface area contributed by atoms with Gasteiger partial charge >= 0.3 is 17.9 Å². The lowest BCUT2D eigenvalue weighted by molar-refractivity contribution is -0.166. The van der Waals surface area contributed by atoms with Gasteiger partial charge in [-0.3, -0.25) is 14.4 Å². The van der Waals surface area contributed by atoms with Gasteiger partial charge in [-0.1, -0.05) is 269 Å². The predicted molar refractivity (Wildman–Crippen MR) is 343 cm³/mol. The van der Waals surface area contributed by atoms with Crippen molar-refractivity contribution in [2.24, 2.45) is 0 Å². The topological polar surface area (TPSA) is 78.9 Å². The van der Waals surface area contributed by atoms with E-state index in [1.807, 2.05) is 12.2 Å². The van der Waals surface area contributed by atoms with Gasteiger partial charge in [0, 0.05) is 19.3 Å². The Labute approximate surface area is 486 Å². The molecule has 0 amide bonds. The van der Waals surface area contributed by atoms with E-state index in [1.165, 1.54) is 83.5 Å². The number of carbonyl (C=O) groups is 3. The van der Waals surface area contributed by atoms with Crippen LogP contribution in [-0.4, -0.2) is 37.2 Å². The fraction of sp³-hybridized carbons (Fsp3) is 0.603. The van der Waals surface area contributed by atoms with Gasteiger partial charge in [0.2, 0.25) is 0 Å². The molecule has 0 saturated carbocycles. The Morgan fingerprint density at radius 1 is 0.266 bits per heavy atom. The van der Waals surface area contributed by atoms with Crippen LogP contribution in [0.2, 0.25) is 0 Å². The Morgan fingerprint density at radius 3 is 0.835 bits per heavy atom. The zero-order valence-corrected chi connectivity index (χ0v) is 50.8. The maximum absolute atomic E-state index is 12.9. The second kappa shape index (κ2) is 65.5. The van der Waals surface area contributed by atoms with E-state index in [-0.39, 0.29) is 31.6 Å². The summed E-state index contributed by atoms with van der Waals surface area (Å²) in [6.45, 7) is 6.33. The van der Waals surface area contributed by atoms with Gasteiger partial charge in [0.05, 0.1) is 0 Å². The summed E-state index contributed by atoms with van der Waals surface area (Å²) in [5.41, 5.74) is 0. The summed E-state index contributed by atoms with van der Waals surface area (Å²) in [5.74, 6) is -1.02. The van der Waals surface area contributed by atoms with Gasteiger partial charge in [0.1, 0.15) is 13.2 Å². The summed E-state index contributed by atoms with van der Waals surface area (Å²) < 4.78 is 16.8. The van der Waals surface area contributed by atoms with Crippen molar-refractivity contribution in [3.63, 3.8) is 0 Å². The number of esters is 3. The number of allylic oxidation sites excluding steroid dienone is 26. The molecule has 6 heteroatoms. The van der Waals surface area contributed by atoms with Gasteiger partial charge < -0.3 is 14.2 Å². The van der Waals surface area contributed by atoms with Crippen molar-refractivity contribution in [2.75, 3.05) is 13.2 Å². The van der Waals surface area contributed by atoms with Crippen LogP contribution in [-0.2, 0) is 28.6 Å². The van der Waals surface area contributed by atoms with Gasteiger partial charge in [-0.15, -0.1) is 0 Å². The van der Waals surface area contributed by atoms with E-state index in [2.05, 4.69) is 167 Å². The van der Waals surface area contributed by atoms with Crippen LogP contribution >= 0.6 is 0 Å². The Hall–Kier alpha value is -4.97. The standard InChI is InChI=1S/C73H116O6/c1-4-7-10-13-16-19-22-25-28-30-32-33-34-35-36-37-38-39-41-42-45-48-51-54-57-60-63-66-72(75)78-69-70(68-77-71(74)65-62-59-56-53-50-47-44-27-24-21-18-15-12-9-6-3)79-73(76)67-64-61-58-55-52-49-46-43-40-31-29-26-23-20-17-14-11-8-5-2/h7-8,10-11,16-17,19-20,25-29,32-33,35-36,38-40,43-44,49,52,58,61,70H,4-6,9,12-15,18,21-24,30-31,34,37,41-42,45-48,50-51,53-57,59-60,62-69H2,1-3H3/b10-7-,11-8-,19-16-,20-17-,28-25-,29-26-,33-32-,36-35-,39-38-,43-40-,44-27-,52-49-,61-58-. The summed E-state index contributed by atoms with van der Waals surface area (Å²) in [7, 11) is 0. The first-order valence-corrected chi connectivity index (χ1v) is 32.0. The Balaban J connectivity index is 4.49. The van der Waals surface area contributed by atoms with Gasteiger partial charge in [-0.2, -0.15) is 0 Å². The fourth-order valence-electron chi connectivity index (χ4n) is 8.29.